The molecule has 2 amide bonds. The highest BCUT2D eigenvalue weighted by Gasteiger charge is 2.31. The number of rotatable bonds is 9. The molecular formula is C26H32F3N3O3. The fourth-order valence-corrected chi connectivity index (χ4v) is 4.08. The summed E-state index contributed by atoms with van der Waals surface area (Å²) in [4.78, 5) is 29.4. The number of alkyl halides is 3. The van der Waals surface area contributed by atoms with Gasteiger partial charge < -0.3 is 19.9 Å². The monoisotopic (exact) mass is 491 g/mol. The van der Waals surface area contributed by atoms with Crippen LogP contribution in [-0.4, -0.2) is 60.9 Å². The Bertz CT molecular complexity index is 983. The Morgan fingerprint density at radius 2 is 1.66 bits per heavy atom. The van der Waals surface area contributed by atoms with Crippen molar-refractivity contribution in [2.75, 3.05) is 44.6 Å². The van der Waals surface area contributed by atoms with Crippen LogP contribution in [0.25, 0.3) is 0 Å². The third-order valence-corrected chi connectivity index (χ3v) is 6.32. The minimum absolute atomic E-state index is 0.133. The molecule has 6 nitrogen and oxygen atoms in total. The molecule has 1 saturated heterocycles. The summed E-state index contributed by atoms with van der Waals surface area (Å²) in [5.41, 5.74) is 0.0266. The van der Waals surface area contributed by atoms with Crippen molar-refractivity contribution in [3.05, 3.63) is 59.7 Å². The first-order chi connectivity index (χ1) is 16.7. The minimum Gasteiger partial charge on any atom is -0.490 e. The second-order valence-corrected chi connectivity index (χ2v) is 8.50. The largest absolute Gasteiger partial charge is 0.490 e. The number of hydrogen-bond acceptors (Lipinski definition) is 4. The summed E-state index contributed by atoms with van der Waals surface area (Å²) in [7, 11) is 0. The number of hydrogen-bond donors (Lipinski definition) is 1. The summed E-state index contributed by atoms with van der Waals surface area (Å²) in [5, 5.41) is 2.95. The maximum absolute atomic E-state index is 12.9. The Morgan fingerprint density at radius 1 is 1.03 bits per heavy atom. The first-order valence-electron chi connectivity index (χ1n) is 11.9. The molecule has 3 rings (SSSR count). The molecule has 0 radical (unpaired) electrons. The van der Waals surface area contributed by atoms with E-state index >= 15 is 0 Å². The van der Waals surface area contributed by atoms with Crippen LogP contribution < -0.4 is 10.1 Å². The Labute approximate surface area is 204 Å². The van der Waals surface area contributed by atoms with Crippen molar-refractivity contribution in [2.24, 2.45) is 5.92 Å². The van der Waals surface area contributed by atoms with Gasteiger partial charge in [-0.2, -0.15) is 13.2 Å². The topological polar surface area (TPSA) is 61.9 Å². The second-order valence-electron chi connectivity index (χ2n) is 8.50. The molecule has 1 N–H and O–H groups in total. The zero-order valence-electron chi connectivity index (χ0n) is 20.1. The highest BCUT2D eigenvalue weighted by atomic mass is 19.4. The zero-order valence-corrected chi connectivity index (χ0v) is 20.1. The van der Waals surface area contributed by atoms with Gasteiger partial charge in [-0.25, -0.2) is 0 Å². The predicted molar refractivity (Wildman–Crippen MR) is 128 cm³/mol. The number of carbonyl (C=O) groups is 2. The van der Waals surface area contributed by atoms with E-state index in [0.717, 1.165) is 31.8 Å². The van der Waals surface area contributed by atoms with Crippen molar-refractivity contribution in [3.8, 4) is 5.75 Å². The van der Waals surface area contributed by atoms with Crippen LogP contribution in [0.3, 0.4) is 0 Å². The van der Waals surface area contributed by atoms with Crippen LogP contribution in [0.15, 0.2) is 48.5 Å². The number of halogens is 3. The van der Waals surface area contributed by atoms with E-state index < -0.39 is 11.7 Å². The van der Waals surface area contributed by atoms with E-state index in [4.69, 9.17) is 4.74 Å². The van der Waals surface area contributed by atoms with Crippen LogP contribution in [0, 0.1) is 5.92 Å². The van der Waals surface area contributed by atoms with Gasteiger partial charge in [-0.1, -0.05) is 26.0 Å². The summed E-state index contributed by atoms with van der Waals surface area (Å²) >= 11 is 0. The van der Waals surface area contributed by atoms with Gasteiger partial charge >= 0.3 is 6.18 Å². The zero-order chi connectivity index (χ0) is 25.4. The molecule has 9 heteroatoms. The first kappa shape index (κ1) is 26.5. The SMILES string of the molecule is CCN(CC)CCOc1ccccc1NC(=O)C1CCN(C(=O)c2ccc(C(F)(F)F)cc2)CC1. The van der Waals surface area contributed by atoms with Gasteiger partial charge in [-0.3, -0.25) is 9.59 Å². The van der Waals surface area contributed by atoms with Crippen molar-refractivity contribution < 1.29 is 27.5 Å². The average Bonchev–Trinajstić information content (AvgIpc) is 2.87. The number of para-hydroxylation sites is 2. The van der Waals surface area contributed by atoms with Gasteiger partial charge in [0.1, 0.15) is 12.4 Å². The second kappa shape index (κ2) is 12.1. The maximum atomic E-state index is 12.9. The smallest absolute Gasteiger partial charge is 0.416 e. The number of ether oxygens (including phenoxy) is 1. The van der Waals surface area contributed by atoms with Crippen LogP contribution in [0.2, 0.25) is 0 Å². The third-order valence-electron chi connectivity index (χ3n) is 6.32. The fraction of sp³-hybridized carbons (Fsp3) is 0.462. The summed E-state index contributed by atoms with van der Waals surface area (Å²) in [6.07, 6.45) is -3.49. The van der Waals surface area contributed by atoms with E-state index in [1.807, 2.05) is 18.2 Å². The molecule has 1 aliphatic rings. The normalized spacial score (nSPS) is 14.7. The molecule has 0 spiro atoms. The quantitative estimate of drug-likeness (QED) is 0.541. The lowest BCUT2D eigenvalue weighted by Crippen LogP contribution is -2.41. The molecule has 2 aromatic carbocycles. The summed E-state index contributed by atoms with van der Waals surface area (Å²) in [5.74, 6) is -0.116. The predicted octanol–water partition coefficient (Wildman–Crippen LogP) is 4.92. The number of carbonyl (C=O) groups excluding carboxylic acids is 2. The summed E-state index contributed by atoms with van der Waals surface area (Å²) in [6.45, 7) is 8.11. The van der Waals surface area contributed by atoms with Crippen molar-refractivity contribution in [1.29, 1.82) is 0 Å². The van der Waals surface area contributed by atoms with E-state index in [1.165, 1.54) is 12.1 Å². The minimum atomic E-state index is -4.44. The molecule has 1 aliphatic heterocycles. The van der Waals surface area contributed by atoms with Crippen LogP contribution in [-0.2, 0) is 11.0 Å². The van der Waals surface area contributed by atoms with Crippen LogP contribution in [0.1, 0.15) is 42.6 Å². The number of benzene rings is 2. The van der Waals surface area contributed by atoms with E-state index in [0.29, 0.717) is 44.0 Å². The van der Waals surface area contributed by atoms with Crippen LogP contribution in [0.4, 0.5) is 18.9 Å². The molecular weight excluding hydrogens is 459 g/mol. The van der Waals surface area contributed by atoms with Gasteiger partial charge in [0.05, 0.1) is 11.3 Å². The summed E-state index contributed by atoms with van der Waals surface area (Å²) < 4.78 is 44.2. The Kier molecular flexibility index (Phi) is 9.14. The highest BCUT2D eigenvalue weighted by molar-refractivity contribution is 5.96. The highest BCUT2D eigenvalue weighted by Crippen LogP contribution is 2.30. The molecule has 1 heterocycles. The van der Waals surface area contributed by atoms with Gasteiger partial charge in [0.15, 0.2) is 0 Å². The maximum Gasteiger partial charge on any atom is 0.416 e. The number of likely N-dealkylation sites (N-methyl/N-ethyl adjacent to an activating group) is 1. The third kappa shape index (κ3) is 7.21. The molecule has 0 aromatic heterocycles. The van der Waals surface area contributed by atoms with E-state index in [9.17, 15) is 22.8 Å². The molecule has 0 bridgehead atoms. The van der Waals surface area contributed by atoms with Crippen LogP contribution in [0.5, 0.6) is 5.75 Å². The van der Waals surface area contributed by atoms with Gasteiger partial charge in [-0.15, -0.1) is 0 Å². The number of likely N-dealkylation sites (tertiary alicyclic amines) is 1. The Balaban J connectivity index is 1.52. The number of amides is 2. The fourth-order valence-electron chi connectivity index (χ4n) is 4.08. The van der Waals surface area contributed by atoms with Crippen LogP contribution >= 0.6 is 0 Å². The van der Waals surface area contributed by atoms with Gasteiger partial charge in [0, 0.05) is 31.1 Å². The Hall–Kier alpha value is -3.07. The average molecular weight is 492 g/mol. The van der Waals surface area contributed by atoms with Gasteiger partial charge in [-0.05, 0) is 62.3 Å². The van der Waals surface area contributed by atoms with E-state index in [1.54, 1.807) is 11.0 Å². The molecule has 2 aromatic rings. The lowest BCUT2D eigenvalue weighted by Gasteiger charge is -2.31. The van der Waals surface area contributed by atoms with Crippen molar-refractivity contribution in [2.45, 2.75) is 32.9 Å². The molecule has 35 heavy (non-hydrogen) atoms. The lowest BCUT2D eigenvalue weighted by molar-refractivity contribution is -0.137. The number of anilines is 1. The van der Waals surface area contributed by atoms with E-state index in [-0.39, 0.29) is 23.3 Å². The molecule has 0 saturated carbocycles. The molecule has 0 atom stereocenters. The van der Waals surface area contributed by atoms with Gasteiger partial charge in [0.25, 0.3) is 5.91 Å². The van der Waals surface area contributed by atoms with Crippen molar-refractivity contribution in [3.63, 3.8) is 0 Å². The standard InChI is InChI=1S/C26H32F3N3O3/c1-3-31(4-2)17-18-35-23-8-6-5-7-22(23)30-24(33)19-13-15-32(16-14-19)25(34)20-9-11-21(12-10-20)26(27,28)29/h5-12,19H,3-4,13-18H2,1-2H3,(H,30,33). The lowest BCUT2D eigenvalue weighted by atomic mass is 9.95. The molecule has 0 aliphatic carbocycles. The van der Waals surface area contributed by atoms with Gasteiger partial charge in [0.2, 0.25) is 5.91 Å². The van der Waals surface area contributed by atoms with Crippen molar-refractivity contribution in [1.82, 2.24) is 9.80 Å². The molecule has 1 fully saturated rings. The number of piperidine rings is 1. The number of nitrogens with one attached hydrogen (secondary N) is 1. The first-order valence-corrected chi connectivity index (χ1v) is 11.9. The molecule has 190 valence electrons. The van der Waals surface area contributed by atoms with E-state index in [2.05, 4.69) is 24.1 Å². The molecule has 0 unspecified atom stereocenters. The summed E-state index contributed by atoms with van der Waals surface area (Å²) in [6, 6.07) is 11.5. The van der Waals surface area contributed by atoms with Crippen molar-refractivity contribution >= 4 is 17.5 Å². The number of nitrogens with zero attached hydrogens (tertiary/aromatic N) is 2. The Morgan fingerprint density at radius 3 is 2.26 bits per heavy atom.